The second-order valence-electron chi connectivity index (χ2n) is 5.59. The molecule has 0 radical (unpaired) electrons. The minimum atomic E-state index is 0.0513. The number of carbonyl (C=O) groups excluding carboxylic acids is 1. The number of anilines is 1. The van der Waals surface area contributed by atoms with Gasteiger partial charge in [0.15, 0.2) is 0 Å². The number of carbonyl (C=O) groups is 1. The molecule has 0 saturated heterocycles. The third-order valence-corrected chi connectivity index (χ3v) is 4.00. The van der Waals surface area contributed by atoms with Crippen molar-refractivity contribution in [1.82, 2.24) is 5.32 Å². The van der Waals surface area contributed by atoms with Gasteiger partial charge in [-0.25, -0.2) is 0 Å². The van der Waals surface area contributed by atoms with Crippen molar-refractivity contribution in [3.05, 3.63) is 65.2 Å². The lowest BCUT2D eigenvalue weighted by atomic mass is 10.1. The van der Waals surface area contributed by atoms with Crippen molar-refractivity contribution in [1.29, 1.82) is 0 Å². The SMILES string of the molecule is CNCc1cccc(NC(=O)C2Cc3ccccc3C2)c1. The number of hydrogen-bond donors (Lipinski definition) is 2. The lowest BCUT2D eigenvalue weighted by Crippen LogP contribution is -2.23. The molecule has 21 heavy (non-hydrogen) atoms. The number of amides is 1. The fourth-order valence-corrected chi connectivity index (χ4v) is 2.95. The summed E-state index contributed by atoms with van der Waals surface area (Å²) < 4.78 is 0. The second-order valence-corrected chi connectivity index (χ2v) is 5.59. The molecule has 0 aliphatic heterocycles. The molecule has 3 rings (SSSR count). The molecule has 3 heteroatoms. The molecule has 0 fully saturated rings. The normalized spacial score (nSPS) is 14.0. The monoisotopic (exact) mass is 280 g/mol. The van der Waals surface area contributed by atoms with Crippen LogP contribution in [0.4, 0.5) is 5.69 Å². The van der Waals surface area contributed by atoms with Gasteiger partial charge < -0.3 is 10.6 Å². The predicted octanol–water partition coefficient (Wildman–Crippen LogP) is 2.76. The molecule has 1 aliphatic carbocycles. The van der Waals surface area contributed by atoms with Crippen molar-refractivity contribution in [2.45, 2.75) is 19.4 Å². The van der Waals surface area contributed by atoms with Crippen LogP contribution in [0.3, 0.4) is 0 Å². The van der Waals surface area contributed by atoms with Crippen molar-refractivity contribution >= 4 is 11.6 Å². The number of nitrogens with one attached hydrogen (secondary N) is 2. The molecular weight excluding hydrogens is 260 g/mol. The average Bonchev–Trinajstić information content (AvgIpc) is 2.92. The van der Waals surface area contributed by atoms with Gasteiger partial charge in [-0.3, -0.25) is 4.79 Å². The molecule has 0 unspecified atom stereocenters. The highest BCUT2D eigenvalue weighted by atomic mass is 16.1. The second kappa shape index (κ2) is 6.10. The van der Waals surface area contributed by atoms with Crippen molar-refractivity contribution in [2.75, 3.05) is 12.4 Å². The highest BCUT2D eigenvalue weighted by molar-refractivity contribution is 5.93. The van der Waals surface area contributed by atoms with Crippen molar-refractivity contribution in [3.63, 3.8) is 0 Å². The zero-order valence-electron chi connectivity index (χ0n) is 12.2. The molecule has 0 atom stereocenters. The Morgan fingerprint density at radius 1 is 1.10 bits per heavy atom. The minimum Gasteiger partial charge on any atom is -0.326 e. The maximum atomic E-state index is 12.4. The van der Waals surface area contributed by atoms with E-state index in [0.29, 0.717) is 0 Å². The highest BCUT2D eigenvalue weighted by Gasteiger charge is 2.26. The van der Waals surface area contributed by atoms with E-state index in [2.05, 4.69) is 28.8 Å². The molecule has 0 saturated carbocycles. The van der Waals surface area contributed by atoms with Crippen LogP contribution in [0.2, 0.25) is 0 Å². The van der Waals surface area contributed by atoms with E-state index in [-0.39, 0.29) is 11.8 Å². The Morgan fingerprint density at radius 3 is 2.48 bits per heavy atom. The van der Waals surface area contributed by atoms with Crippen LogP contribution in [0.5, 0.6) is 0 Å². The zero-order chi connectivity index (χ0) is 14.7. The smallest absolute Gasteiger partial charge is 0.228 e. The molecular formula is C18H20N2O. The molecule has 2 aromatic rings. The van der Waals surface area contributed by atoms with Gasteiger partial charge in [0, 0.05) is 18.2 Å². The van der Waals surface area contributed by atoms with E-state index in [1.54, 1.807) is 0 Å². The summed E-state index contributed by atoms with van der Waals surface area (Å²) >= 11 is 0. The third-order valence-electron chi connectivity index (χ3n) is 4.00. The van der Waals surface area contributed by atoms with Crippen LogP contribution in [0.15, 0.2) is 48.5 Å². The summed E-state index contributed by atoms with van der Waals surface area (Å²) in [5, 5.41) is 6.17. The van der Waals surface area contributed by atoms with Gasteiger partial charge in [0.1, 0.15) is 0 Å². The van der Waals surface area contributed by atoms with Crippen LogP contribution in [-0.2, 0) is 24.2 Å². The quantitative estimate of drug-likeness (QED) is 0.904. The van der Waals surface area contributed by atoms with Crippen LogP contribution in [0.1, 0.15) is 16.7 Å². The minimum absolute atomic E-state index is 0.0513. The van der Waals surface area contributed by atoms with Crippen molar-refractivity contribution in [2.24, 2.45) is 5.92 Å². The molecule has 1 amide bonds. The molecule has 0 spiro atoms. The van der Waals surface area contributed by atoms with Crippen LogP contribution in [0, 0.1) is 5.92 Å². The van der Waals surface area contributed by atoms with Gasteiger partial charge in [0.25, 0.3) is 0 Å². The Bertz CT molecular complexity index is 626. The lowest BCUT2D eigenvalue weighted by Gasteiger charge is -2.11. The fraction of sp³-hybridized carbons (Fsp3) is 0.278. The van der Waals surface area contributed by atoms with E-state index in [4.69, 9.17) is 0 Å². The van der Waals surface area contributed by atoms with Gasteiger partial charge >= 0.3 is 0 Å². The summed E-state index contributed by atoms with van der Waals surface area (Å²) in [7, 11) is 1.92. The first kappa shape index (κ1) is 13.8. The summed E-state index contributed by atoms with van der Waals surface area (Å²) in [5.74, 6) is 0.170. The number of benzene rings is 2. The number of rotatable bonds is 4. The van der Waals surface area contributed by atoms with Gasteiger partial charge in [-0.15, -0.1) is 0 Å². The van der Waals surface area contributed by atoms with Crippen molar-refractivity contribution in [3.8, 4) is 0 Å². The molecule has 108 valence electrons. The first-order valence-electron chi connectivity index (χ1n) is 7.37. The average molecular weight is 280 g/mol. The number of fused-ring (bicyclic) bond motifs is 1. The summed E-state index contributed by atoms with van der Waals surface area (Å²) in [6, 6.07) is 16.3. The summed E-state index contributed by atoms with van der Waals surface area (Å²) in [5.41, 5.74) is 4.66. The molecule has 2 aromatic carbocycles. The standard InChI is InChI=1S/C18H20N2O/c1-19-12-13-5-4-8-17(9-13)20-18(21)16-10-14-6-2-3-7-15(14)11-16/h2-9,16,19H,10-12H2,1H3,(H,20,21). The number of hydrogen-bond acceptors (Lipinski definition) is 2. The van der Waals surface area contributed by atoms with Gasteiger partial charge in [-0.2, -0.15) is 0 Å². The third kappa shape index (κ3) is 3.14. The summed E-state index contributed by atoms with van der Waals surface area (Å²) in [6.45, 7) is 0.804. The predicted molar refractivity (Wildman–Crippen MR) is 85.2 cm³/mol. The summed E-state index contributed by atoms with van der Waals surface area (Å²) in [4.78, 5) is 12.4. The maximum Gasteiger partial charge on any atom is 0.228 e. The molecule has 0 heterocycles. The Balaban J connectivity index is 1.66. The van der Waals surface area contributed by atoms with E-state index >= 15 is 0 Å². The molecule has 0 aromatic heterocycles. The molecule has 0 bridgehead atoms. The first-order valence-corrected chi connectivity index (χ1v) is 7.37. The summed E-state index contributed by atoms with van der Waals surface area (Å²) in [6.07, 6.45) is 1.69. The van der Waals surface area contributed by atoms with Gasteiger partial charge in [0.05, 0.1) is 0 Å². The van der Waals surface area contributed by atoms with Crippen LogP contribution < -0.4 is 10.6 Å². The fourth-order valence-electron chi connectivity index (χ4n) is 2.95. The van der Waals surface area contributed by atoms with Gasteiger partial charge in [-0.1, -0.05) is 36.4 Å². The first-order chi connectivity index (χ1) is 10.3. The van der Waals surface area contributed by atoms with E-state index in [9.17, 15) is 4.79 Å². The topological polar surface area (TPSA) is 41.1 Å². The highest BCUT2D eigenvalue weighted by Crippen LogP contribution is 2.27. The van der Waals surface area contributed by atoms with E-state index < -0.39 is 0 Å². The zero-order valence-corrected chi connectivity index (χ0v) is 12.2. The van der Waals surface area contributed by atoms with Crippen LogP contribution in [0.25, 0.3) is 0 Å². The van der Waals surface area contributed by atoms with Crippen molar-refractivity contribution < 1.29 is 4.79 Å². The lowest BCUT2D eigenvalue weighted by molar-refractivity contribution is -0.119. The van der Waals surface area contributed by atoms with Crippen LogP contribution in [-0.4, -0.2) is 13.0 Å². The Kier molecular flexibility index (Phi) is 4.02. The van der Waals surface area contributed by atoms with E-state index in [1.807, 2.05) is 37.4 Å². The largest absolute Gasteiger partial charge is 0.326 e. The Morgan fingerprint density at radius 2 is 1.81 bits per heavy atom. The maximum absolute atomic E-state index is 12.4. The Hall–Kier alpha value is -2.13. The molecule has 2 N–H and O–H groups in total. The van der Waals surface area contributed by atoms with Gasteiger partial charge in [-0.05, 0) is 48.7 Å². The van der Waals surface area contributed by atoms with Crippen LogP contribution >= 0.6 is 0 Å². The van der Waals surface area contributed by atoms with E-state index in [1.165, 1.54) is 16.7 Å². The van der Waals surface area contributed by atoms with E-state index in [0.717, 1.165) is 25.1 Å². The molecule has 3 nitrogen and oxygen atoms in total. The Labute approximate surface area is 125 Å². The molecule has 1 aliphatic rings. The van der Waals surface area contributed by atoms with Gasteiger partial charge in [0.2, 0.25) is 5.91 Å².